The van der Waals surface area contributed by atoms with Crippen LogP contribution in [0.25, 0.3) is 0 Å². The molecule has 1 aromatic carbocycles. The van der Waals surface area contributed by atoms with Gasteiger partial charge in [-0.2, -0.15) is 0 Å². The number of anilines is 1. The van der Waals surface area contributed by atoms with Crippen LogP contribution >= 0.6 is 11.5 Å². The van der Waals surface area contributed by atoms with E-state index >= 15 is 0 Å². The minimum Gasteiger partial charge on any atom is -0.464 e. The number of carbonyl (C=O) groups excluding carboxylic acids is 2. The molecule has 0 aliphatic heterocycles. The lowest BCUT2D eigenvalue weighted by molar-refractivity contribution is -0.115. The number of hydrogen-bond donors (Lipinski definition) is 1. The molecule has 0 atom stereocenters. The zero-order valence-corrected chi connectivity index (χ0v) is 11.2. The molecule has 104 valence electrons. The van der Waals surface area contributed by atoms with Crippen molar-refractivity contribution in [2.45, 2.75) is 6.42 Å². The van der Waals surface area contributed by atoms with Gasteiger partial charge in [0.1, 0.15) is 5.82 Å². The molecular formula is C12H10FN3O3S. The van der Waals surface area contributed by atoms with E-state index in [2.05, 4.69) is 19.6 Å². The zero-order chi connectivity index (χ0) is 14.5. The van der Waals surface area contributed by atoms with Crippen LogP contribution in [-0.4, -0.2) is 28.6 Å². The number of carbonyl (C=O) groups is 2. The number of nitrogens with one attached hydrogen (secondary N) is 1. The molecule has 0 saturated carbocycles. The monoisotopic (exact) mass is 295 g/mol. The summed E-state index contributed by atoms with van der Waals surface area (Å²) in [4.78, 5) is 23.2. The van der Waals surface area contributed by atoms with E-state index in [4.69, 9.17) is 0 Å². The van der Waals surface area contributed by atoms with Crippen molar-refractivity contribution >= 4 is 28.4 Å². The maximum atomic E-state index is 12.7. The second-order valence-corrected chi connectivity index (χ2v) is 4.55. The topological polar surface area (TPSA) is 81.2 Å². The second kappa shape index (κ2) is 6.20. The number of amides is 1. The lowest BCUT2D eigenvalue weighted by Crippen LogP contribution is -2.16. The number of benzene rings is 1. The van der Waals surface area contributed by atoms with E-state index < -0.39 is 5.97 Å². The van der Waals surface area contributed by atoms with E-state index in [0.717, 1.165) is 11.5 Å². The predicted molar refractivity (Wildman–Crippen MR) is 70.0 cm³/mol. The molecule has 1 aromatic heterocycles. The van der Waals surface area contributed by atoms with Gasteiger partial charge in [-0.1, -0.05) is 16.6 Å². The van der Waals surface area contributed by atoms with Crippen molar-refractivity contribution in [3.8, 4) is 0 Å². The van der Waals surface area contributed by atoms with Crippen LogP contribution in [0.4, 0.5) is 9.39 Å². The summed E-state index contributed by atoms with van der Waals surface area (Å²) in [5, 5.41) is 6.34. The first-order valence-electron chi connectivity index (χ1n) is 5.55. The minimum atomic E-state index is -0.671. The van der Waals surface area contributed by atoms with E-state index in [0.29, 0.717) is 5.56 Å². The third-order valence-electron chi connectivity index (χ3n) is 2.40. The molecule has 2 rings (SSSR count). The van der Waals surface area contributed by atoms with Gasteiger partial charge in [-0.15, -0.1) is 5.10 Å². The van der Waals surface area contributed by atoms with E-state index in [9.17, 15) is 14.0 Å². The molecule has 0 fully saturated rings. The number of halogens is 1. The Kier molecular flexibility index (Phi) is 4.36. The SMILES string of the molecule is COC(=O)c1nnsc1NC(=O)Cc1ccc(F)cc1. The molecule has 0 aliphatic rings. The Hall–Kier alpha value is -2.35. The maximum Gasteiger partial charge on any atom is 0.361 e. The number of esters is 1. The summed E-state index contributed by atoms with van der Waals surface area (Å²) >= 11 is 0.881. The molecule has 0 bridgehead atoms. The molecule has 0 saturated heterocycles. The highest BCUT2D eigenvalue weighted by Crippen LogP contribution is 2.18. The molecule has 20 heavy (non-hydrogen) atoms. The van der Waals surface area contributed by atoms with Gasteiger partial charge < -0.3 is 10.1 Å². The summed E-state index contributed by atoms with van der Waals surface area (Å²) < 4.78 is 20.9. The minimum absolute atomic E-state index is 0.0371. The molecule has 2 aromatic rings. The third-order valence-corrected chi connectivity index (χ3v) is 3.04. The summed E-state index contributed by atoms with van der Waals surface area (Å²) in [6, 6.07) is 5.58. The first kappa shape index (κ1) is 14.1. The van der Waals surface area contributed by atoms with Crippen molar-refractivity contribution in [2.24, 2.45) is 0 Å². The Morgan fingerprint density at radius 3 is 2.70 bits per heavy atom. The number of methoxy groups -OCH3 is 1. The van der Waals surface area contributed by atoms with E-state index in [1.54, 1.807) is 0 Å². The fraction of sp³-hybridized carbons (Fsp3) is 0.167. The number of hydrogen-bond acceptors (Lipinski definition) is 6. The molecule has 0 spiro atoms. The summed E-state index contributed by atoms with van der Waals surface area (Å²) in [6.07, 6.45) is 0.0544. The first-order chi connectivity index (χ1) is 9.60. The number of rotatable bonds is 4. The smallest absolute Gasteiger partial charge is 0.361 e. The van der Waals surface area contributed by atoms with Crippen LogP contribution in [0.3, 0.4) is 0 Å². The predicted octanol–water partition coefficient (Wildman–Crippen LogP) is 1.64. The van der Waals surface area contributed by atoms with Crippen LogP contribution in [0.15, 0.2) is 24.3 Å². The summed E-state index contributed by atoms with van der Waals surface area (Å²) in [5.41, 5.74) is 0.617. The average molecular weight is 295 g/mol. The van der Waals surface area contributed by atoms with Gasteiger partial charge in [0, 0.05) is 11.5 Å². The zero-order valence-electron chi connectivity index (χ0n) is 10.4. The Morgan fingerprint density at radius 2 is 2.05 bits per heavy atom. The molecule has 0 radical (unpaired) electrons. The quantitative estimate of drug-likeness (QED) is 0.867. The largest absolute Gasteiger partial charge is 0.464 e. The van der Waals surface area contributed by atoms with Crippen molar-refractivity contribution in [1.29, 1.82) is 0 Å². The third kappa shape index (κ3) is 3.35. The van der Waals surface area contributed by atoms with Crippen molar-refractivity contribution < 1.29 is 18.7 Å². The fourth-order valence-corrected chi connectivity index (χ4v) is 2.04. The molecule has 0 unspecified atom stereocenters. The van der Waals surface area contributed by atoms with Crippen molar-refractivity contribution in [3.05, 3.63) is 41.3 Å². The number of aromatic nitrogens is 2. The lowest BCUT2D eigenvalue weighted by Gasteiger charge is -2.03. The normalized spacial score (nSPS) is 10.1. The van der Waals surface area contributed by atoms with E-state index in [1.807, 2.05) is 0 Å². The Morgan fingerprint density at radius 1 is 1.35 bits per heavy atom. The van der Waals surface area contributed by atoms with Gasteiger partial charge in [0.25, 0.3) is 0 Å². The summed E-state index contributed by atoms with van der Waals surface area (Å²) in [7, 11) is 1.21. The molecule has 0 aliphatic carbocycles. The number of nitrogens with zero attached hydrogens (tertiary/aromatic N) is 2. The first-order valence-corrected chi connectivity index (χ1v) is 6.32. The molecule has 1 amide bonds. The van der Waals surface area contributed by atoms with Crippen molar-refractivity contribution in [1.82, 2.24) is 9.59 Å². The van der Waals surface area contributed by atoms with Gasteiger partial charge in [0.05, 0.1) is 13.5 Å². The van der Waals surface area contributed by atoms with Gasteiger partial charge >= 0.3 is 5.97 Å². The molecule has 6 nitrogen and oxygen atoms in total. The van der Waals surface area contributed by atoms with Crippen LogP contribution in [0.1, 0.15) is 16.1 Å². The molecular weight excluding hydrogens is 285 g/mol. The van der Waals surface area contributed by atoms with E-state index in [1.165, 1.54) is 31.4 Å². The Balaban J connectivity index is 2.03. The van der Waals surface area contributed by atoms with Crippen LogP contribution in [0.5, 0.6) is 0 Å². The highest BCUT2D eigenvalue weighted by atomic mass is 32.1. The average Bonchev–Trinajstić information content (AvgIpc) is 2.88. The van der Waals surface area contributed by atoms with Crippen LogP contribution in [0.2, 0.25) is 0 Å². The Labute approximate surface area is 117 Å². The molecule has 1 N–H and O–H groups in total. The van der Waals surface area contributed by atoms with E-state index in [-0.39, 0.29) is 28.8 Å². The van der Waals surface area contributed by atoms with Gasteiger partial charge in [-0.25, -0.2) is 9.18 Å². The van der Waals surface area contributed by atoms with Crippen LogP contribution in [-0.2, 0) is 16.0 Å². The second-order valence-electron chi connectivity index (χ2n) is 3.79. The van der Waals surface area contributed by atoms with Gasteiger partial charge in [-0.05, 0) is 17.7 Å². The Bertz CT molecular complexity index is 627. The molecule has 1 heterocycles. The standard InChI is InChI=1S/C12H10FN3O3S/c1-19-12(18)10-11(20-16-15-10)14-9(17)6-7-2-4-8(13)5-3-7/h2-5H,6H2,1H3,(H,14,17). The van der Waals surface area contributed by atoms with Crippen molar-refractivity contribution in [2.75, 3.05) is 12.4 Å². The fourth-order valence-electron chi connectivity index (χ4n) is 1.46. The van der Waals surface area contributed by atoms with Gasteiger partial charge in [-0.3, -0.25) is 4.79 Å². The lowest BCUT2D eigenvalue weighted by atomic mass is 10.1. The van der Waals surface area contributed by atoms with Crippen LogP contribution in [0, 0.1) is 5.82 Å². The van der Waals surface area contributed by atoms with Crippen molar-refractivity contribution in [3.63, 3.8) is 0 Å². The summed E-state index contributed by atoms with van der Waals surface area (Å²) in [6.45, 7) is 0. The highest BCUT2D eigenvalue weighted by Gasteiger charge is 2.18. The maximum absolute atomic E-state index is 12.7. The number of ether oxygens (including phenoxy) is 1. The van der Waals surface area contributed by atoms with Crippen LogP contribution < -0.4 is 5.32 Å². The molecule has 8 heteroatoms. The highest BCUT2D eigenvalue weighted by molar-refractivity contribution is 7.10. The van der Waals surface area contributed by atoms with Gasteiger partial charge in [0.2, 0.25) is 11.6 Å². The van der Waals surface area contributed by atoms with Gasteiger partial charge in [0.15, 0.2) is 5.00 Å². The summed E-state index contributed by atoms with van der Waals surface area (Å²) in [5.74, 6) is -1.39.